The third-order valence-electron chi connectivity index (χ3n) is 6.90. The van der Waals surface area contributed by atoms with Gasteiger partial charge in [0.15, 0.2) is 5.75 Å². The van der Waals surface area contributed by atoms with Crippen molar-refractivity contribution in [2.24, 2.45) is 5.92 Å². The summed E-state index contributed by atoms with van der Waals surface area (Å²) >= 11 is 1.10. The predicted octanol–water partition coefficient (Wildman–Crippen LogP) is 3.10. The number of nitrogens with one attached hydrogen (secondary N) is 1. The molecule has 0 saturated carbocycles. The van der Waals surface area contributed by atoms with Crippen molar-refractivity contribution in [2.75, 3.05) is 38.6 Å². The molecule has 0 spiro atoms. The highest BCUT2D eigenvalue weighted by Crippen LogP contribution is 2.36. The van der Waals surface area contributed by atoms with Crippen molar-refractivity contribution in [1.82, 2.24) is 9.21 Å². The van der Waals surface area contributed by atoms with E-state index in [2.05, 4.69) is 4.72 Å². The number of fused-ring (bicyclic) bond motifs is 1. The fourth-order valence-electron chi connectivity index (χ4n) is 4.42. The monoisotopic (exact) mass is 623 g/mol. The van der Waals surface area contributed by atoms with Gasteiger partial charge < -0.3 is 19.5 Å². The number of methoxy groups -OCH3 is 1. The first-order valence-electron chi connectivity index (χ1n) is 12.8. The number of aliphatic hydroxyl groups excluding tert-OH is 1. The Balaban J connectivity index is 1.76. The summed E-state index contributed by atoms with van der Waals surface area (Å²) in [6.07, 6.45) is -0.776. The average molecular weight is 624 g/mol. The maximum Gasteiger partial charge on any atom is 0.262 e. The number of amides is 1. The number of thiophene rings is 1. The van der Waals surface area contributed by atoms with Gasteiger partial charge in [-0.25, -0.2) is 16.8 Å². The van der Waals surface area contributed by atoms with Gasteiger partial charge in [0.05, 0.1) is 42.4 Å². The molecule has 4 rings (SSSR count). The molecule has 0 aliphatic carbocycles. The van der Waals surface area contributed by atoms with Crippen molar-refractivity contribution in [3.8, 4) is 11.5 Å². The molecular weight excluding hydrogens is 591 g/mol. The van der Waals surface area contributed by atoms with Crippen LogP contribution < -0.4 is 14.2 Å². The van der Waals surface area contributed by atoms with Gasteiger partial charge in [0.2, 0.25) is 0 Å². The molecule has 3 atom stereocenters. The van der Waals surface area contributed by atoms with Gasteiger partial charge in [-0.05, 0) is 54.8 Å². The maximum atomic E-state index is 13.7. The van der Waals surface area contributed by atoms with Crippen LogP contribution in [0.25, 0.3) is 0 Å². The smallest absolute Gasteiger partial charge is 0.262 e. The second kappa shape index (κ2) is 12.4. The summed E-state index contributed by atoms with van der Waals surface area (Å²) in [5.41, 5.74) is 0.104. The summed E-state index contributed by atoms with van der Waals surface area (Å²) in [5.74, 6) is -0.382. The summed E-state index contributed by atoms with van der Waals surface area (Å²) in [6.45, 7) is 3.33. The van der Waals surface area contributed by atoms with Gasteiger partial charge in [-0.1, -0.05) is 19.1 Å². The fraction of sp³-hybridized carbons (Fsp3) is 0.370. The molecule has 0 fully saturated rings. The SMILES string of the molecule is COc1ccc(S(=O)(=O)Nc2cccc3c2O[C@H](CN(C)S(=O)(=O)c2cccs2)[C@H](C)CN([C@H](C)CO)C3=O)cc1. The van der Waals surface area contributed by atoms with Crippen molar-refractivity contribution < 1.29 is 36.2 Å². The molecule has 222 valence electrons. The van der Waals surface area contributed by atoms with Gasteiger partial charge in [-0.15, -0.1) is 11.3 Å². The zero-order chi connectivity index (χ0) is 29.9. The number of carbonyl (C=O) groups excluding carboxylic acids is 1. The van der Waals surface area contributed by atoms with Crippen LogP contribution in [0.1, 0.15) is 24.2 Å². The lowest BCUT2D eigenvalue weighted by atomic mass is 9.99. The molecule has 41 heavy (non-hydrogen) atoms. The van der Waals surface area contributed by atoms with Crippen LogP contribution in [0.5, 0.6) is 11.5 Å². The minimum absolute atomic E-state index is 0.0196. The minimum Gasteiger partial charge on any atom is -0.497 e. The van der Waals surface area contributed by atoms with Crippen molar-refractivity contribution in [1.29, 1.82) is 0 Å². The molecule has 1 aromatic heterocycles. The Hall–Kier alpha value is -3.17. The van der Waals surface area contributed by atoms with Crippen LogP contribution in [0.3, 0.4) is 0 Å². The summed E-state index contributed by atoms with van der Waals surface area (Å²) < 4.78 is 68.3. The number of hydrogen-bond acceptors (Lipinski definition) is 9. The molecule has 1 amide bonds. The molecule has 14 heteroatoms. The van der Waals surface area contributed by atoms with E-state index in [1.807, 2.05) is 6.92 Å². The minimum atomic E-state index is -4.11. The van der Waals surface area contributed by atoms with Gasteiger partial charge in [0, 0.05) is 19.5 Å². The van der Waals surface area contributed by atoms with Crippen LogP contribution in [0, 0.1) is 5.92 Å². The van der Waals surface area contributed by atoms with Gasteiger partial charge >= 0.3 is 0 Å². The van der Waals surface area contributed by atoms with Gasteiger partial charge in [0.1, 0.15) is 16.1 Å². The maximum absolute atomic E-state index is 13.7. The molecular formula is C27H33N3O8S3. The number of ether oxygens (including phenoxy) is 2. The van der Waals surface area contributed by atoms with Gasteiger partial charge in [-0.3, -0.25) is 9.52 Å². The largest absolute Gasteiger partial charge is 0.497 e. The van der Waals surface area contributed by atoms with E-state index in [1.54, 1.807) is 18.4 Å². The standard InChI is InChI=1S/C27H33N3O8S3/c1-18-15-30(19(2)17-31)27(32)22-7-5-8-23(28-40(33,34)21-12-10-20(37-4)11-13-21)26(22)38-24(18)16-29(3)41(35,36)25-9-6-14-39-25/h5-14,18-19,24,28,31H,15-17H2,1-4H3/t18-,19-,24-/m1/s1. The number of benzene rings is 2. The van der Waals surface area contributed by atoms with Crippen LogP contribution >= 0.6 is 11.3 Å². The first-order chi connectivity index (χ1) is 19.4. The first-order valence-corrected chi connectivity index (χ1v) is 16.6. The van der Waals surface area contributed by atoms with E-state index in [0.29, 0.717) is 5.75 Å². The lowest BCUT2D eigenvalue weighted by molar-refractivity contribution is 0.0389. The highest BCUT2D eigenvalue weighted by molar-refractivity contribution is 7.92. The average Bonchev–Trinajstić information content (AvgIpc) is 3.51. The topological polar surface area (TPSA) is 143 Å². The summed E-state index contributed by atoms with van der Waals surface area (Å²) in [6, 6.07) is 12.9. The number of nitrogens with zero attached hydrogens (tertiary/aromatic N) is 2. The Morgan fingerprint density at radius 2 is 1.85 bits per heavy atom. The van der Waals surface area contributed by atoms with Crippen LogP contribution in [0.4, 0.5) is 5.69 Å². The Morgan fingerprint density at radius 3 is 2.46 bits per heavy atom. The van der Waals surface area contributed by atoms with Gasteiger partial charge in [0.25, 0.3) is 26.0 Å². The summed E-state index contributed by atoms with van der Waals surface area (Å²) in [4.78, 5) is 15.1. The van der Waals surface area contributed by atoms with E-state index < -0.39 is 44.0 Å². The molecule has 1 aliphatic heterocycles. The molecule has 0 bridgehead atoms. The molecule has 0 radical (unpaired) electrons. The van der Waals surface area contributed by atoms with E-state index >= 15 is 0 Å². The molecule has 2 heterocycles. The predicted molar refractivity (Wildman–Crippen MR) is 156 cm³/mol. The number of aliphatic hydroxyl groups is 1. The molecule has 2 N–H and O–H groups in total. The molecule has 1 aliphatic rings. The lowest BCUT2D eigenvalue weighted by Gasteiger charge is -2.38. The number of sulfonamides is 2. The molecule has 11 nitrogen and oxygen atoms in total. The Morgan fingerprint density at radius 1 is 1.15 bits per heavy atom. The van der Waals surface area contributed by atoms with Crippen LogP contribution in [-0.2, 0) is 20.0 Å². The first kappa shape index (κ1) is 30.8. The fourth-order valence-corrected chi connectivity index (χ4v) is 7.86. The van der Waals surface area contributed by atoms with Crippen LogP contribution in [0.15, 0.2) is 69.1 Å². The number of anilines is 1. The van der Waals surface area contributed by atoms with Crippen LogP contribution in [-0.4, -0.2) is 83.1 Å². The van der Waals surface area contributed by atoms with E-state index in [1.165, 1.54) is 71.9 Å². The highest BCUT2D eigenvalue weighted by Gasteiger charge is 2.36. The number of rotatable bonds is 10. The van der Waals surface area contributed by atoms with Crippen LogP contribution in [0.2, 0.25) is 0 Å². The van der Waals surface area contributed by atoms with E-state index in [-0.39, 0.29) is 45.8 Å². The quantitative estimate of drug-likeness (QED) is 0.351. The molecule has 0 unspecified atom stereocenters. The van der Waals surface area contributed by atoms with Gasteiger partial charge in [-0.2, -0.15) is 4.31 Å². The molecule has 2 aromatic carbocycles. The second-order valence-corrected chi connectivity index (χ2v) is 14.7. The highest BCUT2D eigenvalue weighted by atomic mass is 32.2. The number of carbonyl (C=O) groups is 1. The summed E-state index contributed by atoms with van der Waals surface area (Å²) in [7, 11) is -5.00. The third-order valence-corrected chi connectivity index (χ3v) is 11.5. The number of para-hydroxylation sites is 1. The molecule has 0 saturated heterocycles. The molecule has 3 aromatic rings. The Bertz CT molecular complexity index is 1580. The van der Waals surface area contributed by atoms with Crippen molar-refractivity contribution in [3.05, 3.63) is 65.5 Å². The Labute approximate surface area is 244 Å². The normalized spacial score (nSPS) is 18.7. The Kier molecular flexibility index (Phi) is 9.29. The lowest BCUT2D eigenvalue weighted by Crippen LogP contribution is -2.50. The van der Waals surface area contributed by atoms with Crippen molar-refractivity contribution in [2.45, 2.75) is 35.1 Å². The zero-order valence-corrected chi connectivity index (χ0v) is 25.5. The zero-order valence-electron chi connectivity index (χ0n) is 23.1. The van der Waals surface area contributed by atoms with Crippen molar-refractivity contribution in [3.63, 3.8) is 0 Å². The number of hydrogen-bond donors (Lipinski definition) is 2. The summed E-state index contributed by atoms with van der Waals surface area (Å²) in [5, 5.41) is 11.6. The van der Waals surface area contributed by atoms with E-state index in [9.17, 15) is 26.7 Å². The third kappa shape index (κ3) is 6.51. The van der Waals surface area contributed by atoms with E-state index in [0.717, 1.165) is 11.3 Å². The second-order valence-electron chi connectivity index (χ2n) is 9.80. The number of likely N-dealkylation sites (N-methyl/N-ethyl adjacent to an activating group) is 1. The van der Waals surface area contributed by atoms with E-state index in [4.69, 9.17) is 9.47 Å². The van der Waals surface area contributed by atoms with Crippen molar-refractivity contribution >= 4 is 43.0 Å².